The molecule has 0 spiro atoms. The summed E-state index contributed by atoms with van der Waals surface area (Å²) in [6.45, 7) is 1.90. The molecule has 0 bridgehead atoms. The van der Waals surface area contributed by atoms with E-state index in [-0.39, 0.29) is 30.8 Å². The Morgan fingerprint density at radius 3 is 2.83 bits per heavy atom. The van der Waals surface area contributed by atoms with Crippen molar-refractivity contribution in [1.82, 2.24) is 4.90 Å². The summed E-state index contributed by atoms with van der Waals surface area (Å²) >= 11 is 0. The van der Waals surface area contributed by atoms with E-state index < -0.39 is 5.82 Å². The predicted octanol–water partition coefficient (Wildman–Crippen LogP) is 0.659. The van der Waals surface area contributed by atoms with Gasteiger partial charge in [0.15, 0.2) is 0 Å². The van der Waals surface area contributed by atoms with Crippen molar-refractivity contribution in [2.75, 3.05) is 31.2 Å². The number of nitrogens with two attached hydrogens (primary N) is 1. The quantitative estimate of drug-likeness (QED) is 0.675. The molecule has 1 atom stereocenters. The van der Waals surface area contributed by atoms with E-state index >= 15 is 0 Å². The minimum Gasteiger partial charge on any atom is -0.397 e. The Bertz CT molecular complexity index is 426. The average molecular weight is 255 g/mol. The number of benzene rings is 1. The first kappa shape index (κ1) is 14.4. The van der Waals surface area contributed by atoms with E-state index in [1.807, 2.05) is 0 Å². The number of rotatable bonds is 5. The van der Waals surface area contributed by atoms with Gasteiger partial charge < -0.3 is 16.2 Å². The molecular formula is C12H18FN3O2. The lowest BCUT2D eigenvalue weighted by Crippen LogP contribution is -2.38. The number of halogens is 1. The van der Waals surface area contributed by atoms with E-state index in [0.29, 0.717) is 5.69 Å². The molecule has 5 nitrogen and oxygen atoms in total. The van der Waals surface area contributed by atoms with Crippen LogP contribution >= 0.6 is 0 Å². The van der Waals surface area contributed by atoms with Crippen LogP contribution in [0.25, 0.3) is 0 Å². The smallest absolute Gasteiger partial charge is 0.238 e. The highest BCUT2D eigenvalue weighted by Crippen LogP contribution is 2.18. The van der Waals surface area contributed by atoms with E-state index in [2.05, 4.69) is 5.32 Å². The first-order chi connectivity index (χ1) is 8.43. The van der Waals surface area contributed by atoms with E-state index in [0.717, 1.165) is 6.07 Å². The number of nitrogens with zero attached hydrogens (tertiary/aromatic N) is 1. The van der Waals surface area contributed by atoms with Crippen LogP contribution in [0.2, 0.25) is 0 Å². The van der Waals surface area contributed by atoms with Crippen molar-refractivity contribution in [2.24, 2.45) is 0 Å². The number of nitrogens with one attached hydrogen (secondary N) is 1. The molecule has 1 unspecified atom stereocenters. The fourth-order valence-electron chi connectivity index (χ4n) is 1.36. The minimum atomic E-state index is -0.448. The van der Waals surface area contributed by atoms with Crippen LogP contribution in [-0.4, -0.2) is 42.2 Å². The van der Waals surface area contributed by atoms with E-state index in [1.165, 1.54) is 12.1 Å². The van der Waals surface area contributed by atoms with Crippen LogP contribution in [0.5, 0.6) is 0 Å². The molecule has 0 saturated carbocycles. The maximum Gasteiger partial charge on any atom is 0.238 e. The summed E-state index contributed by atoms with van der Waals surface area (Å²) in [5, 5.41) is 11.5. The van der Waals surface area contributed by atoms with Gasteiger partial charge in [-0.15, -0.1) is 0 Å². The molecule has 0 aliphatic heterocycles. The Morgan fingerprint density at radius 2 is 2.28 bits per heavy atom. The maximum atomic E-state index is 12.8. The van der Waals surface area contributed by atoms with Crippen molar-refractivity contribution in [3.8, 4) is 0 Å². The zero-order valence-corrected chi connectivity index (χ0v) is 10.5. The van der Waals surface area contributed by atoms with Crippen molar-refractivity contribution in [3.63, 3.8) is 0 Å². The fraction of sp³-hybridized carbons (Fsp3) is 0.417. The van der Waals surface area contributed by atoms with E-state index in [1.54, 1.807) is 18.9 Å². The number of anilines is 2. The molecule has 0 saturated heterocycles. The number of hydrogen-bond acceptors (Lipinski definition) is 4. The Balaban J connectivity index is 2.59. The zero-order chi connectivity index (χ0) is 13.7. The third kappa shape index (κ3) is 3.97. The third-order valence-corrected chi connectivity index (χ3v) is 2.70. The third-order valence-electron chi connectivity index (χ3n) is 2.70. The Morgan fingerprint density at radius 1 is 1.61 bits per heavy atom. The highest BCUT2D eigenvalue weighted by Gasteiger charge is 2.13. The molecule has 0 aromatic heterocycles. The largest absolute Gasteiger partial charge is 0.397 e. The molecule has 0 aliphatic rings. The van der Waals surface area contributed by atoms with Gasteiger partial charge in [0.1, 0.15) is 5.82 Å². The van der Waals surface area contributed by atoms with Gasteiger partial charge in [-0.05, 0) is 32.2 Å². The van der Waals surface area contributed by atoms with Crippen LogP contribution in [0.4, 0.5) is 15.8 Å². The summed E-state index contributed by atoms with van der Waals surface area (Å²) < 4.78 is 12.8. The number of carbonyl (C=O) groups excluding carboxylic acids is 1. The van der Waals surface area contributed by atoms with Gasteiger partial charge in [0.25, 0.3) is 0 Å². The summed E-state index contributed by atoms with van der Waals surface area (Å²) in [6.07, 6.45) is 0. The SMILES string of the molecule is CC(CO)N(C)CC(=O)Nc1ccc(F)cc1N. The monoisotopic (exact) mass is 255 g/mol. The Labute approximate surface area is 105 Å². The summed E-state index contributed by atoms with van der Waals surface area (Å²) in [7, 11) is 1.73. The van der Waals surface area contributed by atoms with Gasteiger partial charge in [-0.3, -0.25) is 9.69 Å². The van der Waals surface area contributed by atoms with Gasteiger partial charge in [0.2, 0.25) is 5.91 Å². The summed E-state index contributed by atoms with van der Waals surface area (Å²) in [5.41, 5.74) is 6.14. The van der Waals surface area contributed by atoms with Crippen LogP contribution in [0.1, 0.15) is 6.92 Å². The average Bonchev–Trinajstić information content (AvgIpc) is 2.31. The molecule has 0 fully saturated rings. The molecule has 18 heavy (non-hydrogen) atoms. The molecule has 1 rings (SSSR count). The van der Waals surface area contributed by atoms with Crippen LogP contribution in [-0.2, 0) is 4.79 Å². The van der Waals surface area contributed by atoms with Crippen molar-refractivity contribution in [2.45, 2.75) is 13.0 Å². The normalized spacial score (nSPS) is 12.5. The number of likely N-dealkylation sites (N-methyl/N-ethyl adjacent to an activating group) is 1. The number of aliphatic hydroxyl groups excluding tert-OH is 1. The highest BCUT2D eigenvalue weighted by atomic mass is 19.1. The molecular weight excluding hydrogens is 237 g/mol. The van der Waals surface area contributed by atoms with Crippen molar-refractivity contribution < 1.29 is 14.3 Å². The molecule has 0 aliphatic carbocycles. The van der Waals surface area contributed by atoms with Crippen molar-refractivity contribution in [3.05, 3.63) is 24.0 Å². The van der Waals surface area contributed by atoms with Crippen LogP contribution in [0, 0.1) is 5.82 Å². The van der Waals surface area contributed by atoms with Crippen molar-refractivity contribution in [1.29, 1.82) is 0 Å². The first-order valence-corrected chi connectivity index (χ1v) is 5.60. The lowest BCUT2D eigenvalue weighted by molar-refractivity contribution is -0.117. The second kappa shape index (κ2) is 6.32. The number of amides is 1. The Hall–Kier alpha value is -1.66. The highest BCUT2D eigenvalue weighted by molar-refractivity contribution is 5.95. The molecule has 4 N–H and O–H groups in total. The standard InChI is InChI=1S/C12H18FN3O2/c1-8(7-17)16(2)6-12(18)15-11-4-3-9(13)5-10(11)14/h3-5,8,17H,6-7,14H2,1-2H3,(H,15,18). The molecule has 1 amide bonds. The van der Waals surface area contributed by atoms with Gasteiger partial charge in [-0.25, -0.2) is 4.39 Å². The molecule has 6 heteroatoms. The van der Waals surface area contributed by atoms with Gasteiger partial charge >= 0.3 is 0 Å². The van der Waals surface area contributed by atoms with Crippen molar-refractivity contribution >= 4 is 17.3 Å². The van der Waals surface area contributed by atoms with E-state index in [4.69, 9.17) is 10.8 Å². The fourth-order valence-corrected chi connectivity index (χ4v) is 1.36. The number of nitrogen functional groups attached to an aromatic ring is 1. The lowest BCUT2D eigenvalue weighted by Gasteiger charge is -2.22. The topological polar surface area (TPSA) is 78.6 Å². The van der Waals surface area contributed by atoms with Gasteiger partial charge in [-0.1, -0.05) is 0 Å². The summed E-state index contributed by atoms with van der Waals surface area (Å²) in [6, 6.07) is 3.68. The summed E-state index contributed by atoms with van der Waals surface area (Å²) in [4.78, 5) is 13.4. The van der Waals surface area contributed by atoms with E-state index in [9.17, 15) is 9.18 Å². The maximum absolute atomic E-state index is 12.8. The molecule has 0 heterocycles. The van der Waals surface area contributed by atoms with Gasteiger partial charge in [0.05, 0.1) is 24.5 Å². The second-order valence-corrected chi connectivity index (χ2v) is 4.23. The number of aliphatic hydroxyl groups is 1. The van der Waals surface area contributed by atoms with Crippen LogP contribution in [0.3, 0.4) is 0 Å². The number of hydrogen-bond donors (Lipinski definition) is 3. The van der Waals surface area contributed by atoms with Crippen LogP contribution < -0.4 is 11.1 Å². The lowest BCUT2D eigenvalue weighted by atomic mass is 10.2. The Kier molecular flexibility index (Phi) is 5.06. The van der Waals surface area contributed by atoms with Gasteiger partial charge in [-0.2, -0.15) is 0 Å². The van der Waals surface area contributed by atoms with Gasteiger partial charge in [0, 0.05) is 6.04 Å². The second-order valence-electron chi connectivity index (χ2n) is 4.23. The molecule has 0 radical (unpaired) electrons. The molecule has 1 aromatic rings. The van der Waals surface area contributed by atoms with Crippen LogP contribution in [0.15, 0.2) is 18.2 Å². The predicted molar refractivity (Wildman–Crippen MR) is 68.6 cm³/mol. The minimum absolute atomic E-state index is 0.0253. The first-order valence-electron chi connectivity index (χ1n) is 5.60. The number of carbonyl (C=O) groups is 1. The zero-order valence-electron chi connectivity index (χ0n) is 10.5. The molecule has 100 valence electrons. The molecule has 1 aromatic carbocycles. The summed E-state index contributed by atoms with van der Waals surface area (Å²) in [5.74, 6) is -0.715.